The van der Waals surface area contributed by atoms with Crippen molar-refractivity contribution < 1.29 is 19.1 Å². The van der Waals surface area contributed by atoms with Crippen LogP contribution in [0, 0.1) is 11.8 Å². The zero-order valence-electron chi connectivity index (χ0n) is 16.3. The Bertz CT molecular complexity index is 849. The van der Waals surface area contributed by atoms with E-state index >= 15 is 0 Å². The predicted octanol–water partition coefficient (Wildman–Crippen LogP) is 2.48. The normalized spacial score (nSPS) is 31.9. The first-order valence-electron chi connectivity index (χ1n) is 9.65. The van der Waals surface area contributed by atoms with Crippen LogP contribution >= 0.6 is 0 Å². The fourth-order valence-electron chi connectivity index (χ4n) is 5.38. The van der Waals surface area contributed by atoms with Gasteiger partial charge in [-0.1, -0.05) is 24.3 Å². The number of methoxy groups -OCH3 is 2. The van der Waals surface area contributed by atoms with Gasteiger partial charge >= 0.3 is 5.97 Å². The molecule has 1 N–H and O–H groups in total. The third-order valence-corrected chi connectivity index (χ3v) is 6.67. The Hall–Kier alpha value is -2.60. The van der Waals surface area contributed by atoms with Crippen LogP contribution in [0.5, 0.6) is 0 Å². The lowest BCUT2D eigenvalue weighted by atomic mass is 9.68. The monoisotopic (exact) mass is 382 g/mol. The van der Waals surface area contributed by atoms with Gasteiger partial charge in [0.15, 0.2) is 0 Å². The third kappa shape index (κ3) is 2.58. The molecule has 2 saturated heterocycles. The van der Waals surface area contributed by atoms with Crippen molar-refractivity contribution in [3.63, 3.8) is 0 Å². The first-order valence-corrected chi connectivity index (χ1v) is 9.65. The van der Waals surface area contributed by atoms with Gasteiger partial charge < -0.3 is 14.8 Å². The van der Waals surface area contributed by atoms with Crippen molar-refractivity contribution in [2.75, 3.05) is 32.6 Å². The zero-order chi connectivity index (χ0) is 19.9. The number of carbonyl (C=O) groups is 2. The van der Waals surface area contributed by atoms with E-state index in [1.165, 1.54) is 20.5 Å². The van der Waals surface area contributed by atoms with Gasteiger partial charge in [0.2, 0.25) is 5.91 Å². The summed E-state index contributed by atoms with van der Waals surface area (Å²) in [6.07, 6.45) is 4.83. The zero-order valence-corrected chi connectivity index (χ0v) is 16.3. The number of esters is 1. The molecule has 3 aliphatic rings. The van der Waals surface area contributed by atoms with Crippen molar-refractivity contribution >= 4 is 17.6 Å². The number of ether oxygens (including phenoxy) is 2. The molecule has 3 aliphatic heterocycles. The summed E-state index contributed by atoms with van der Waals surface area (Å²) >= 11 is 0. The van der Waals surface area contributed by atoms with E-state index < -0.39 is 11.4 Å². The standard InChI is InChI=1S/C22H26N2O4/c1-4-14-12-24-10-9-22(17-7-5-6-8-18(17)23-21(22)26)19(24)11-15(14)16(13-27-2)20(25)28-3/h4-8,13-15,19H,1,9-12H2,2-3H3,(H,23,26)/b16-13+. The molecule has 3 heterocycles. The molecular formula is C22H26N2O4. The van der Waals surface area contributed by atoms with Gasteiger partial charge in [-0.25, -0.2) is 4.79 Å². The van der Waals surface area contributed by atoms with Gasteiger partial charge in [-0.15, -0.1) is 6.58 Å². The van der Waals surface area contributed by atoms with E-state index in [2.05, 4.69) is 22.9 Å². The van der Waals surface area contributed by atoms with Crippen molar-refractivity contribution in [2.24, 2.45) is 11.8 Å². The molecule has 148 valence electrons. The topological polar surface area (TPSA) is 67.9 Å². The summed E-state index contributed by atoms with van der Waals surface area (Å²) in [7, 11) is 2.90. The van der Waals surface area contributed by atoms with Crippen LogP contribution < -0.4 is 5.32 Å². The van der Waals surface area contributed by atoms with Crippen LogP contribution in [-0.4, -0.2) is 50.1 Å². The van der Waals surface area contributed by atoms with Crippen LogP contribution in [0.4, 0.5) is 5.69 Å². The number of anilines is 1. The number of hydrogen-bond donors (Lipinski definition) is 1. The number of hydrogen-bond acceptors (Lipinski definition) is 5. The fourth-order valence-corrected chi connectivity index (χ4v) is 5.38. The van der Waals surface area contributed by atoms with E-state index in [4.69, 9.17) is 9.47 Å². The second-order valence-corrected chi connectivity index (χ2v) is 7.77. The highest BCUT2D eigenvalue weighted by atomic mass is 16.5. The number of fused-ring (bicyclic) bond motifs is 4. The third-order valence-electron chi connectivity index (χ3n) is 6.67. The molecule has 1 amide bonds. The lowest BCUT2D eigenvalue weighted by molar-refractivity contribution is -0.137. The lowest BCUT2D eigenvalue weighted by Crippen LogP contribution is -2.53. The number of piperidine rings is 1. The van der Waals surface area contributed by atoms with Gasteiger partial charge in [-0.2, -0.15) is 0 Å². The minimum absolute atomic E-state index is 0.0160. The lowest BCUT2D eigenvalue weighted by Gasteiger charge is -2.44. The minimum Gasteiger partial charge on any atom is -0.504 e. The van der Waals surface area contributed by atoms with E-state index in [1.54, 1.807) is 0 Å². The van der Waals surface area contributed by atoms with E-state index in [0.717, 1.165) is 30.8 Å². The number of rotatable bonds is 4. The molecule has 0 aromatic heterocycles. The average molecular weight is 382 g/mol. The number of benzene rings is 1. The second kappa shape index (κ2) is 7.09. The molecule has 2 fully saturated rings. The molecule has 6 nitrogen and oxygen atoms in total. The van der Waals surface area contributed by atoms with Crippen molar-refractivity contribution in [1.29, 1.82) is 0 Å². The molecule has 1 spiro atoms. The summed E-state index contributed by atoms with van der Waals surface area (Å²) in [6.45, 7) is 5.60. The van der Waals surface area contributed by atoms with Crippen molar-refractivity contribution in [3.05, 3.63) is 54.3 Å². The number of nitrogens with one attached hydrogen (secondary N) is 1. The number of carbonyl (C=O) groups excluding carboxylic acids is 2. The summed E-state index contributed by atoms with van der Waals surface area (Å²) in [5.41, 5.74) is 1.90. The largest absolute Gasteiger partial charge is 0.504 e. The van der Waals surface area contributed by atoms with Crippen molar-refractivity contribution in [3.8, 4) is 0 Å². The smallest absolute Gasteiger partial charge is 0.337 e. The predicted molar refractivity (Wildman–Crippen MR) is 106 cm³/mol. The van der Waals surface area contributed by atoms with Crippen LogP contribution in [0.15, 0.2) is 48.8 Å². The second-order valence-electron chi connectivity index (χ2n) is 7.77. The van der Waals surface area contributed by atoms with Gasteiger partial charge in [-0.05, 0) is 36.9 Å². The summed E-state index contributed by atoms with van der Waals surface area (Å²) in [4.78, 5) is 28.0. The molecule has 0 saturated carbocycles. The van der Waals surface area contributed by atoms with Gasteiger partial charge in [0.25, 0.3) is 0 Å². The van der Waals surface area contributed by atoms with Gasteiger partial charge in [-0.3, -0.25) is 9.69 Å². The Morgan fingerprint density at radius 2 is 2.14 bits per heavy atom. The van der Waals surface area contributed by atoms with Crippen LogP contribution in [0.1, 0.15) is 18.4 Å². The molecule has 1 aromatic rings. The minimum atomic E-state index is -0.574. The van der Waals surface area contributed by atoms with Gasteiger partial charge in [0.1, 0.15) is 0 Å². The molecule has 0 radical (unpaired) electrons. The molecular weight excluding hydrogens is 356 g/mol. The van der Waals surface area contributed by atoms with Gasteiger partial charge in [0.05, 0.1) is 31.5 Å². The van der Waals surface area contributed by atoms with Crippen molar-refractivity contribution in [1.82, 2.24) is 4.90 Å². The Balaban J connectivity index is 1.75. The maximum absolute atomic E-state index is 13.2. The Morgan fingerprint density at radius 3 is 2.86 bits per heavy atom. The molecule has 1 aromatic carbocycles. The number of nitrogens with zero attached hydrogens (tertiary/aromatic N) is 1. The number of amides is 1. The Kier molecular flexibility index (Phi) is 4.75. The highest BCUT2D eigenvalue weighted by Gasteiger charge is 2.60. The summed E-state index contributed by atoms with van der Waals surface area (Å²) in [5.74, 6) is -0.351. The van der Waals surface area contributed by atoms with Crippen LogP contribution in [0.3, 0.4) is 0 Å². The summed E-state index contributed by atoms with van der Waals surface area (Å²) < 4.78 is 10.2. The molecule has 0 aliphatic carbocycles. The van der Waals surface area contributed by atoms with Gasteiger partial charge in [0, 0.05) is 24.2 Å². The quantitative estimate of drug-likeness (QED) is 0.375. The summed E-state index contributed by atoms with van der Waals surface area (Å²) in [6, 6.07) is 7.96. The van der Waals surface area contributed by atoms with E-state index in [0.29, 0.717) is 12.0 Å². The van der Waals surface area contributed by atoms with E-state index in [1.807, 2.05) is 24.3 Å². The Morgan fingerprint density at radius 1 is 1.36 bits per heavy atom. The molecule has 4 atom stereocenters. The first-order chi connectivity index (χ1) is 13.6. The van der Waals surface area contributed by atoms with Crippen LogP contribution in [-0.2, 0) is 24.5 Å². The molecule has 4 rings (SSSR count). The van der Waals surface area contributed by atoms with Crippen LogP contribution in [0.25, 0.3) is 0 Å². The highest BCUT2D eigenvalue weighted by Crippen LogP contribution is 2.52. The van der Waals surface area contributed by atoms with Crippen LogP contribution in [0.2, 0.25) is 0 Å². The SMILES string of the molecule is C=CC1CN2CCC3(C(=O)Nc4ccccc43)C2CC1/C(=C\OC)C(=O)OC. The maximum atomic E-state index is 13.2. The molecule has 0 bridgehead atoms. The van der Waals surface area contributed by atoms with Crippen molar-refractivity contribution in [2.45, 2.75) is 24.3 Å². The molecule has 4 unspecified atom stereocenters. The van der Waals surface area contributed by atoms with E-state index in [9.17, 15) is 9.59 Å². The highest BCUT2D eigenvalue weighted by molar-refractivity contribution is 6.07. The molecule has 28 heavy (non-hydrogen) atoms. The first kappa shape index (κ1) is 18.7. The maximum Gasteiger partial charge on any atom is 0.337 e. The van der Waals surface area contributed by atoms with E-state index in [-0.39, 0.29) is 23.8 Å². The molecule has 6 heteroatoms. The summed E-state index contributed by atoms with van der Waals surface area (Å²) in [5, 5.41) is 3.07. The Labute approximate surface area is 165 Å². The average Bonchev–Trinajstić information content (AvgIpc) is 3.23. The fraction of sp³-hybridized carbons (Fsp3) is 0.455. The number of para-hydroxylation sites is 1.